The third-order valence-corrected chi connectivity index (χ3v) is 5.62. The summed E-state index contributed by atoms with van der Waals surface area (Å²) in [7, 11) is 1.71. The number of phenolic OH excluding ortho intramolecular Hbond substituents is 1. The molecule has 0 aliphatic carbocycles. The summed E-state index contributed by atoms with van der Waals surface area (Å²) in [6.07, 6.45) is 11.1. The Hall–Kier alpha value is -3.85. The predicted octanol–water partition coefficient (Wildman–Crippen LogP) is 9.42. The number of aromatic hydroxyl groups is 1. The second-order valence-corrected chi connectivity index (χ2v) is 8.90. The van der Waals surface area contributed by atoms with Crippen LogP contribution in [0, 0.1) is 6.92 Å². The summed E-state index contributed by atoms with van der Waals surface area (Å²) in [5.74, 6) is 1.55. The lowest BCUT2D eigenvalue weighted by molar-refractivity contribution is -0.116. The number of hydrogen-bond acceptors (Lipinski definition) is 3. The molecule has 0 spiro atoms. The van der Waals surface area contributed by atoms with Crippen LogP contribution in [-0.2, 0) is 24.1 Å². The number of aryl methyl sites for hydroxylation is 4. The molecule has 0 atom stereocenters. The fraction of sp³-hybridized carbons (Fsp3) is 0.306. The van der Waals surface area contributed by atoms with E-state index in [1.807, 2.05) is 62.4 Å². The number of hydrogen-bond donors (Lipinski definition) is 1. The first kappa shape index (κ1) is 35.2. The molecule has 0 aliphatic heterocycles. The van der Waals surface area contributed by atoms with E-state index in [1.54, 1.807) is 20.1 Å². The number of phenols is 1. The third-order valence-electron chi connectivity index (χ3n) is 5.62. The summed E-state index contributed by atoms with van der Waals surface area (Å²) in [6, 6.07) is 24.2. The van der Waals surface area contributed by atoms with Gasteiger partial charge in [0.2, 0.25) is 0 Å². The predicted molar refractivity (Wildman–Crippen MR) is 169 cm³/mol. The van der Waals surface area contributed by atoms with Gasteiger partial charge in [0.15, 0.2) is 0 Å². The van der Waals surface area contributed by atoms with Crippen LogP contribution in [0.2, 0.25) is 0 Å². The second-order valence-electron chi connectivity index (χ2n) is 8.90. The largest absolute Gasteiger partial charge is 0.508 e. The lowest BCUT2D eigenvalue weighted by Crippen LogP contribution is -1.89. The fourth-order valence-electron chi connectivity index (χ4n) is 3.29. The highest BCUT2D eigenvalue weighted by molar-refractivity contribution is 5.78. The number of ketones is 1. The van der Waals surface area contributed by atoms with Crippen molar-refractivity contribution in [1.82, 2.24) is 0 Å². The number of rotatable bonds is 8. The molecule has 3 nitrogen and oxygen atoms in total. The first-order chi connectivity index (χ1) is 18.7. The van der Waals surface area contributed by atoms with Gasteiger partial charge in [0.05, 0.1) is 7.11 Å². The Morgan fingerprint density at radius 3 is 1.95 bits per heavy atom. The fourth-order valence-corrected chi connectivity index (χ4v) is 3.29. The molecule has 0 unspecified atom stereocenters. The standard InChI is InChI=1S/2C10H14O.C8H10O.C8H10/c1-4-9-6-5-8(2)10(7-9)11-3;1-4-5-6-7-9(2)8-10(3)11;1-2-7-5-3-4-6-8(7)9;1-2-8-6-4-3-5-7-8/h5-7H,4H2,1-3H3;4-7H,2,8H2,1,3H3;3-6,9H,2H2,1H3;3-7H,2H2,1H3/b;5-4-,7-6-;;. The van der Waals surface area contributed by atoms with Crippen LogP contribution in [0.25, 0.3) is 0 Å². The van der Waals surface area contributed by atoms with Crippen molar-refractivity contribution in [3.05, 3.63) is 132 Å². The van der Waals surface area contributed by atoms with Gasteiger partial charge >= 0.3 is 0 Å². The molecule has 0 aliphatic rings. The van der Waals surface area contributed by atoms with Crippen LogP contribution < -0.4 is 4.74 Å². The highest BCUT2D eigenvalue weighted by Crippen LogP contribution is 2.19. The number of benzene rings is 3. The monoisotopic (exact) mass is 528 g/mol. The van der Waals surface area contributed by atoms with Gasteiger partial charge in [-0.3, -0.25) is 4.79 Å². The molecule has 3 rings (SSSR count). The maximum atomic E-state index is 10.6. The summed E-state index contributed by atoms with van der Waals surface area (Å²) >= 11 is 0. The maximum Gasteiger partial charge on any atom is 0.134 e. The zero-order valence-corrected chi connectivity index (χ0v) is 25.0. The van der Waals surface area contributed by atoms with Gasteiger partial charge in [-0.1, -0.05) is 112 Å². The Morgan fingerprint density at radius 1 is 0.872 bits per heavy atom. The van der Waals surface area contributed by atoms with Crippen molar-refractivity contribution < 1.29 is 14.6 Å². The van der Waals surface area contributed by atoms with E-state index in [9.17, 15) is 4.79 Å². The Balaban J connectivity index is 0.000000497. The van der Waals surface area contributed by atoms with Crippen molar-refractivity contribution in [3.63, 3.8) is 0 Å². The quantitative estimate of drug-likeness (QED) is 0.296. The van der Waals surface area contributed by atoms with Gasteiger partial charge in [-0.25, -0.2) is 0 Å². The average molecular weight is 529 g/mol. The Bertz CT molecular complexity index is 1140. The zero-order valence-electron chi connectivity index (χ0n) is 25.0. The molecular formula is C36H48O3. The number of allylic oxidation sites excluding steroid dienone is 5. The molecule has 0 bridgehead atoms. The van der Waals surface area contributed by atoms with E-state index < -0.39 is 0 Å². The Morgan fingerprint density at radius 2 is 1.49 bits per heavy atom. The third kappa shape index (κ3) is 17.3. The molecule has 3 aromatic carbocycles. The van der Waals surface area contributed by atoms with E-state index in [4.69, 9.17) is 9.84 Å². The van der Waals surface area contributed by atoms with Crippen LogP contribution in [0.1, 0.15) is 63.3 Å². The molecule has 3 heteroatoms. The van der Waals surface area contributed by atoms with Gasteiger partial charge in [-0.15, -0.1) is 0 Å². The van der Waals surface area contributed by atoms with E-state index in [-0.39, 0.29) is 5.78 Å². The SMILES string of the molecule is C=C(/C=C\C=C/C)CC(C)=O.CCc1ccc(C)c(OC)c1.CCc1ccccc1.CCc1ccccc1O. The Labute approximate surface area is 237 Å². The van der Waals surface area contributed by atoms with Crippen LogP contribution in [-0.4, -0.2) is 18.0 Å². The number of para-hydroxylation sites is 1. The first-order valence-corrected chi connectivity index (χ1v) is 13.6. The molecule has 0 radical (unpaired) electrons. The number of methoxy groups -OCH3 is 1. The van der Waals surface area contributed by atoms with Crippen LogP contribution in [0.3, 0.4) is 0 Å². The van der Waals surface area contributed by atoms with Crippen LogP contribution in [0.5, 0.6) is 11.5 Å². The van der Waals surface area contributed by atoms with Crippen molar-refractivity contribution in [3.8, 4) is 11.5 Å². The minimum atomic E-state index is 0.153. The van der Waals surface area contributed by atoms with Gasteiger partial charge in [0, 0.05) is 6.42 Å². The van der Waals surface area contributed by atoms with E-state index in [0.29, 0.717) is 12.2 Å². The van der Waals surface area contributed by atoms with E-state index >= 15 is 0 Å². The number of ether oxygens (including phenoxy) is 1. The van der Waals surface area contributed by atoms with Gasteiger partial charge in [-0.2, -0.15) is 0 Å². The number of carbonyl (C=O) groups excluding carboxylic acids is 1. The molecule has 3 aromatic rings. The van der Waals surface area contributed by atoms with Crippen molar-refractivity contribution in [2.75, 3.05) is 7.11 Å². The summed E-state index contributed by atoms with van der Waals surface area (Å²) in [6.45, 7) is 15.6. The van der Waals surface area contributed by atoms with Crippen molar-refractivity contribution in [2.45, 2.75) is 67.2 Å². The van der Waals surface area contributed by atoms with Crippen molar-refractivity contribution in [2.24, 2.45) is 0 Å². The lowest BCUT2D eigenvalue weighted by atomic mass is 10.1. The summed E-state index contributed by atoms with van der Waals surface area (Å²) in [5.41, 5.74) is 5.80. The summed E-state index contributed by atoms with van der Waals surface area (Å²) < 4.78 is 5.19. The molecule has 39 heavy (non-hydrogen) atoms. The molecule has 0 heterocycles. The molecular weight excluding hydrogens is 480 g/mol. The van der Waals surface area contributed by atoms with Crippen LogP contribution >= 0.6 is 0 Å². The summed E-state index contributed by atoms with van der Waals surface area (Å²) in [5, 5.41) is 9.11. The van der Waals surface area contributed by atoms with Gasteiger partial charge in [-0.05, 0) is 80.0 Å². The van der Waals surface area contributed by atoms with Crippen molar-refractivity contribution in [1.29, 1.82) is 0 Å². The minimum absolute atomic E-state index is 0.153. The first-order valence-electron chi connectivity index (χ1n) is 13.6. The van der Waals surface area contributed by atoms with Crippen LogP contribution in [0.4, 0.5) is 0 Å². The van der Waals surface area contributed by atoms with E-state index in [2.05, 4.69) is 69.8 Å². The van der Waals surface area contributed by atoms with E-state index in [0.717, 1.165) is 36.1 Å². The minimum Gasteiger partial charge on any atom is -0.508 e. The number of Topliss-reactive ketones (excluding diaryl/α,β-unsaturated/α-hetero) is 1. The second kappa shape index (κ2) is 22.2. The van der Waals surface area contributed by atoms with Crippen molar-refractivity contribution >= 4 is 5.78 Å². The molecule has 210 valence electrons. The highest BCUT2D eigenvalue weighted by Gasteiger charge is 1.97. The Kier molecular flexibility index (Phi) is 20.0. The van der Waals surface area contributed by atoms with Gasteiger partial charge in [0.25, 0.3) is 0 Å². The topological polar surface area (TPSA) is 46.5 Å². The van der Waals surface area contributed by atoms with E-state index in [1.165, 1.54) is 16.7 Å². The van der Waals surface area contributed by atoms with Crippen LogP contribution in [0.15, 0.2) is 109 Å². The number of carbonyl (C=O) groups is 1. The maximum absolute atomic E-state index is 10.6. The normalized spacial score (nSPS) is 9.92. The lowest BCUT2D eigenvalue weighted by Gasteiger charge is -2.05. The molecule has 0 amide bonds. The molecule has 0 saturated carbocycles. The molecule has 0 aromatic heterocycles. The molecule has 0 fully saturated rings. The smallest absolute Gasteiger partial charge is 0.134 e. The average Bonchev–Trinajstić information content (AvgIpc) is 2.95. The highest BCUT2D eigenvalue weighted by atomic mass is 16.5. The zero-order chi connectivity index (χ0) is 29.5. The van der Waals surface area contributed by atoms with Gasteiger partial charge < -0.3 is 9.84 Å². The van der Waals surface area contributed by atoms with Gasteiger partial charge in [0.1, 0.15) is 17.3 Å². The summed E-state index contributed by atoms with van der Waals surface area (Å²) in [4.78, 5) is 10.6. The molecule has 1 N–H and O–H groups in total. The molecule has 0 saturated heterocycles.